The normalized spacial score (nSPS) is 11.7. The van der Waals surface area contributed by atoms with Crippen LogP contribution in [0.3, 0.4) is 0 Å². The number of fused-ring (bicyclic) bond motifs is 7. The summed E-state index contributed by atoms with van der Waals surface area (Å²) in [6.07, 6.45) is 0. The lowest BCUT2D eigenvalue weighted by atomic mass is 10.1. The molecule has 0 aliphatic rings. The minimum Gasteiger partial charge on any atom is -0.309 e. The summed E-state index contributed by atoms with van der Waals surface area (Å²) in [5, 5.41) is 15.0. The van der Waals surface area contributed by atoms with Gasteiger partial charge in [-0.3, -0.25) is 0 Å². The zero-order valence-electron chi connectivity index (χ0n) is 26.5. The summed E-state index contributed by atoms with van der Waals surface area (Å²) in [5.74, 6) is 0. The van der Waals surface area contributed by atoms with Crippen molar-refractivity contribution in [1.29, 1.82) is 0 Å². The van der Waals surface area contributed by atoms with E-state index in [2.05, 4.69) is 149 Å². The van der Waals surface area contributed by atoms with Crippen LogP contribution in [0.4, 0.5) is 0 Å². The van der Waals surface area contributed by atoms with Crippen molar-refractivity contribution in [1.82, 2.24) is 24.1 Å². The molecule has 0 atom stereocenters. The van der Waals surface area contributed by atoms with E-state index in [0.717, 1.165) is 50.6 Å². The highest BCUT2D eigenvalue weighted by Gasteiger charge is 2.21. The lowest BCUT2D eigenvalue weighted by Crippen LogP contribution is -2.00. The van der Waals surface area contributed by atoms with Crippen LogP contribution in [0.2, 0.25) is 0 Å². The lowest BCUT2D eigenvalue weighted by Gasteiger charge is -2.10. The summed E-state index contributed by atoms with van der Waals surface area (Å²) < 4.78 is 4.80. The number of rotatable bonds is 5. The first kappa shape index (κ1) is 27.4. The molecule has 0 spiro atoms. The fraction of sp³-hybridized carbons (Fsp3) is 0. The Kier molecular flexibility index (Phi) is 6.11. The zero-order valence-corrected chi connectivity index (χ0v) is 26.5. The fourth-order valence-electron chi connectivity index (χ4n) is 7.37. The summed E-state index contributed by atoms with van der Waals surface area (Å²) in [6, 6.07) is 61.8. The molecular weight excluding hydrogens is 599 g/mol. The van der Waals surface area contributed by atoms with Crippen molar-refractivity contribution in [3.63, 3.8) is 0 Å². The molecule has 49 heavy (non-hydrogen) atoms. The molecule has 0 saturated carbocycles. The van der Waals surface area contributed by atoms with E-state index in [1.54, 1.807) is 4.80 Å². The molecule has 3 heterocycles. The number of hydrogen-bond acceptors (Lipinski definition) is 2. The van der Waals surface area contributed by atoms with Gasteiger partial charge in [-0.1, -0.05) is 121 Å². The number of aromatic nitrogens is 5. The third-order valence-electron chi connectivity index (χ3n) is 9.53. The highest BCUT2D eigenvalue weighted by molar-refractivity contribution is 6.26. The predicted octanol–water partition coefficient (Wildman–Crippen LogP) is 10.8. The predicted molar refractivity (Wildman–Crippen MR) is 201 cm³/mol. The minimum absolute atomic E-state index is 0.857. The van der Waals surface area contributed by atoms with E-state index in [-0.39, 0.29) is 0 Å². The molecule has 5 heteroatoms. The highest BCUT2D eigenvalue weighted by atomic mass is 15.5. The molecule has 0 unspecified atom stereocenters. The standard InChI is InChI=1S/C44H29N5/c1-4-14-30(15-5-1)42-43(31-16-6-2-7-17-31)46-49(45-42)34-26-24-33(25-27-34)47-39-23-13-11-21-37(39)41-40(47)29-28-36-35-20-10-12-22-38(35)48(44(36)41)32-18-8-3-9-19-32/h1-29H. The van der Waals surface area contributed by atoms with E-state index in [9.17, 15) is 0 Å². The Hall–Kier alpha value is -6.72. The van der Waals surface area contributed by atoms with Gasteiger partial charge in [0.2, 0.25) is 0 Å². The van der Waals surface area contributed by atoms with Gasteiger partial charge in [0.25, 0.3) is 0 Å². The molecule has 230 valence electrons. The van der Waals surface area contributed by atoms with Crippen LogP contribution >= 0.6 is 0 Å². The van der Waals surface area contributed by atoms with Crippen molar-refractivity contribution in [3.05, 3.63) is 176 Å². The largest absolute Gasteiger partial charge is 0.309 e. The van der Waals surface area contributed by atoms with Crippen LogP contribution in [-0.4, -0.2) is 24.1 Å². The van der Waals surface area contributed by atoms with E-state index in [0.29, 0.717) is 0 Å². The second-order valence-electron chi connectivity index (χ2n) is 12.3. The fourth-order valence-corrected chi connectivity index (χ4v) is 7.37. The van der Waals surface area contributed by atoms with Gasteiger partial charge in [-0.25, -0.2) is 0 Å². The molecule has 0 saturated heterocycles. The molecule has 0 aliphatic heterocycles. The lowest BCUT2D eigenvalue weighted by molar-refractivity contribution is 0.755. The molecule has 10 rings (SSSR count). The topological polar surface area (TPSA) is 40.6 Å². The summed E-state index contributed by atoms with van der Waals surface area (Å²) in [6.45, 7) is 0. The van der Waals surface area contributed by atoms with Crippen molar-refractivity contribution in [3.8, 4) is 39.6 Å². The third-order valence-corrected chi connectivity index (χ3v) is 9.53. The average Bonchev–Trinajstić information content (AvgIpc) is 3.87. The Labute approximate surface area is 282 Å². The van der Waals surface area contributed by atoms with Gasteiger partial charge >= 0.3 is 0 Å². The molecule has 0 fully saturated rings. The van der Waals surface area contributed by atoms with Crippen LogP contribution in [0.5, 0.6) is 0 Å². The first-order chi connectivity index (χ1) is 24.3. The SMILES string of the molecule is c1ccc(-c2nn(-c3ccc(-n4c5ccccc5c5c4ccc4c6ccccc6n(-c6ccccc6)c45)cc3)nc2-c2ccccc2)cc1. The Balaban J connectivity index is 1.17. The number of benzene rings is 7. The molecular formula is C44H29N5. The maximum absolute atomic E-state index is 5.01. The quantitative estimate of drug-likeness (QED) is 0.190. The summed E-state index contributed by atoms with van der Waals surface area (Å²) in [5.41, 5.74) is 11.7. The number of hydrogen-bond donors (Lipinski definition) is 0. The van der Waals surface area contributed by atoms with Crippen molar-refractivity contribution in [2.45, 2.75) is 0 Å². The molecule has 0 bridgehead atoms. The molecule has 0 aliphatic carbocycles. The van der Waals surface area contributed by atoms with Gasteiger partial charge in [-0.15, -0.1) is 10.2 Å². The van der Waals surface area contributed by atoms with Crippen molar-refractivity contribution < 1.29 is 0 Å². The first-order valence-corrected chi connectivity index (χ1v) is 16.5. The van der Waals surface area contributed by atoms with Gasteiger partial charge in [0.1, 0.15) is 11.4 Å². The van der Waals surface area contributed by atoms with E-state index < -0.39 is 0 Å². The Morgan fingerprint density at radius 2 is 0.816 bits per heavy atom. The molecule has 0 radical (unpaired) electrons. The van der Waals surface area contributed by atoms with Gasteiger partial charge < -0.3 is 9.13 Å². The van der Waals surface area contributed by atoms with Crippen LogP contribution in [0.25, 0.3) is 83.2 Å². The Morgan fingerprint density at radius 1 is 0.327 bits per heavy atom. The molecule has 3 aromatic heterocycles. The summed E-state index contributed by atoms with van der Waals surface area (Å²) >= 11 is 0. The minimum atomic E-state index is 0.857. The third kappa shape index (κ3) is 4.26. The molecule has 0 N–H and O–H groups in total. The summed E-state index contributed by atoms with van der Waals surface area (Å²) in [7, 11) is 0. The van der Waals surface area contributed by atoms with E-state index in [4.69, 9.17) is 10.2 Å². The first-order valence-electron chi connectivity index (χ1n) is 16.5. The molecule has 10 aromatic rings. The van der Waals surface area contributed by atoms with Crippen LogP contribution in [-0.2, 0) is 0 Å². The van der Waals surface area contributed by atoms with Gasteiger partial charge in [-0.2, -0.15) is 4.80 Å². The van der Waals surface area contributed by atoms with Crippen LogP contribution in [0.1, 0.15) is 0 Å². The Morgan fingerprint density at radius 3 is 1.45 bits per heavy atom. The van der Waals surface area contributed by atoms with Crippen LogP contribution in [0, 0.1) is 0 Å². The Bertz CT molecular complexity index is 2730. The van der Waals surface area contributed by atoms with Gasteiger partial charge in [0, 0.05) is 44.0 Å². The van der Waals surface area contributed by atoms with Crippen molar-refractivity contribution in [2.24, 2.45) is 0 Å². The highest BCUT2D eigenvalue weighted by Crippen LogP contribution is 2.42. The second kappa shape index (κ2) is 10.9. The van der Waals surface area contributed by atoms with E-state index in [1.165, 1.54) is 32.6 Å². The van der Waals surface area contributed by atoms with Gasteiger partial charge in [-0.05, 0) is 54.6 Å². The number of nitrogens with zero attached hydrogens (tertiary/aromatic N) is 5. The monoisotopic (exact) mass is 627 g/mol. The molecule has 7 aromatic carbocycles. The van der Waals surface area contributed by atoms with Crippen LogP contribution in [0.15, 0.2) is 176 Å². The molecule has 0 amide bonds. The van der Waals surface area contributed by atoms with Gasteiger partial charge in [0.05, 0.1) is 27.8 Å². The zero-order chi connectivity index (χ0) is 32.3. The maximum atomic E-state index is 5.01. The van der Waals surface area contributed by atoms with Crippen LogP contribution < -0.4 is 0 Å². The average molecular weight is 628 g/mol. The van der Waals surface area contributed by atoms with Gasteiger partial charge in [0.15, 0.2) is 0 Å². The summed E-state index contributed by atoms with van der Waals surface area (Å²) in [4.78, 5) is 1.75. The van der Waals surface area contributed by atoms with E-state index >= 15 is 0 Å². The smallest absolute Gasteiger partial charge is 0.121 e. The van der Waals surface area contributed by atoms with Crippen molar-refractivity contribution in [2.75, 3.05) is 0 Å². The number of para-hydroxylation sites is 3. The van der Waals surface area contributed by atoms with Crippen molar-refractivity contribution >= 4 is 43.6 Å². The molecule has 5 nitrogen and oxygen atoms in total. The maximum Gasteiger partial charge on any atom is 0.121 e. The second-order valence-corrected chi connectivity index (χ2v) is 12.3. The van der Waals surface area contributed by atoms with E-state index in [1.807, 2.05) is 36.4 Å².